The van der Waals surface area contributed by atoms with Crippen LogP contribution in [0.3, 0.4) is 0 Å². The Kier molecular flexibility index (Phi) is 21.4. The Morgan fingerprint density at radius 3 is 1.47 bits per heavy atom. The molecule has 0 aliphatic rings. The minimum Gasteiger partial charge on any atom is -0.466 e. The summed E-state index contributed by atoms with van der Waals surface area (Å²) in [6, 6.07) is 0. The van der Waals surface area contributed by atoms with Gasteiger partial charge in [0.2, 0.25) is 0 Å². The predicted octanol–water partition coefficient (Wildman–Crippen LogP) is 2.44. The van der Waals surface area contributed by atoms with E-state index in [0.717, 1.165) is 0 Å². The molecule has 0 spiro atoms. The Hall–Kier alpha value is -1.33. The van der Waals surface area contributed by atoms with Crippen molar-refractivity contribution in [1.82, 2.24) is 6.15 Å². The lowest BCUT2D eigenvalue weighted by atomic mass is 10.4. The summed E-state index contributed by atoms with van der Waals surface area (Å²) in [6.45, 7) is 12.2. The number of hydrogen-bond donors (Lipinski definition) is 1. The number of carbonyl (C=O) groups is 2. The number of rotatable bonds is 3. The highest BCUT2D eigenvalue weighted by molar-refractivity contribution is 5.87. The maximum atomic E-state index is 10.4. The molecule has 0 aromatic carbocycles. The van der Waals surface area contributed by atoms with Crippen molar-refractivity contribution in [3.63, 3.8) is 0 Å². The van der Waals surface area contributed by atoms with Gasteiger partial charge in [-0.1, -0.05) is 13.2 Å². The molecule has 17 heavy (non-hydrogen) atoms. The lowest BCUT2D eigenvalue weighted by Gasteiger charge is -1.96. The molecule has 5 nitrogen and oxygen atoms in total. The minimum atomic E-state index is -0.347. The van der Waals surface area contributed by atoms with E-state index in [0.29, 0.717) is 17.8 Å². The molecule has 0 rings (SSSR count). The van der Waals surface area contributed by atoms with Crippen molar-refractivity contribution in [3.05, 3.63) is 24.3 Å². The van der Waals surface area contributed by atoms with Crippen molar-refractivity contribution in [2.75, 3.05) is 13.7 Å². The number of hydrogen-bond acceptors (Lipinski definition) is 5. The summed E-state index contributed by atoms with van der Waals surface area (Å²) in [5.74, 6) is -0.660. The van der Waals surface area contributed by atoms with Crippen molar-refractivity contribution >= 4 is 24.3 Å². The highest BCUT2D eigenvalue weighted by atomic mass is 35.5. The molecule has 6 heteroatoms. The number of esters is 2. The van der Waals surface area contributed by atoms with Crippen LogP contribution in [0.4, 0.5) is 0 Å². The minimum absolute atomic E-state index is 0. The second kappa shape index (κ2) is 14.7. The predicted molar refractivity (Wildman–Crippen MR) is 70.5 cm³/mol. The molecule has 0 amide bonds. The van der Waals surface area contributed by atoms with Gasteiger partial charge in [0.25, 0.3) is 0 Å². The first-order valence-electron chi connectivity index (χ1n) is 4.43. The fourth-order valence-corrected chi connectivity index (χ4v) is 0.429. The van der Waals surface area contributed by atoms with Gasteiger partial charge in [-0.15, -0.1) is 12.4 Å². The SMILES string of the molecule is C=C(C)C(=O)OC.C=C(C)C(=O)OCC.Cl.N. The van der Waals surface area contributed by atoms with Gasteiger partial charge in [0.05, 0.1) is 13.7 Å². The van der Waals surface area contributed by atoms with Gasteiger partial charge in [-0.05, 0) is 20.8 Å². The third kappa shape index (κ3) is 17.3. The van der Waals surface area contributed by atoms with Crippen molar-refractivity contribution in [1.29, 1.82) is 0 Å². The van der Waals surface area contributed by atoms with Crippen LogP contribution in [0.2, 0.25) is 0 Å². The Balaban J connectivity index is -0.0000000896. The van der Waals surface area contributed by atoms with Gasteiger partial charge >= 0.3 is 11.9 Å². The summed E-state index contributed by atoms with van der Waals surface area (Å²) in [5.41, 5.74) is 0.884. The normalized spacial score (nSPS) is 7.06. The maximum Gasteiger partial charge on any atom is 0.333 e. The first-order chi connectivity index (χ1) is 6.86. The second-order valence-corrected chi connectivity index (χ2v) is 2.77. The van der Waals surface area contributed by atoms with Gasteiger partial charge < -0.3 is 15.6 Å². The van der Waals surface area contributed by atoms with Crippen LogP contribution in [0.25, 0.3) is 0 Å². The average molecular weight is 268 g/mol. The lowest BCUT2D eigenvalue weighted by Crippen LogP contribution is -2.03. The van der Waals surface area contributed by atoms with Gasteiger partial charge in [0, 0.05) is 11.1 Å². The molecule has 102 valence electrons. The first-order valence-corrected chi connectivity index (χ1v) is 4.43. The summed E-state index contributed by atoms with van der Waals surface area (Å²) < 4.78 is 8.84. The molecule has 0 aromatic heterocycles. The fraction of sp³-hybridized carbons (Fsp3) is 0.455. The summed E-state index contributed by atoms with van der Waals surface area (Å²) in [5, 5.41) is 0. The molecule has 0 unspecified atom stereocenters. The van der Waals surface area contributed by atoms with Gasteiger partial charge in [0.15, 0.2) is 0 Å². The third-order valence-corrected chi connectivity index (χ3v) is 1.16. The molecule has 0 saturated carbocycles. The van der Waals surface area contributed by atoms with Crippen LogP contribution in [0.1, 0.15) is 20.8 Å². The van der Waals surface area contributed by atoms with Crippen LogP contribution < -0.4 is 6.15 Å². The quantitative estimate of drug-likeness (QED) is 0.627. The van der Waals surface area contributed by atoms with E-state index < -0.39 is 0 Å². The Morgan fingerprint density at radius 2 is 1.41 bits per heavy atom. The average Bonchev–Trinajstić information content (AvgIpc) is 2.17. The van der Waals surface area contributed by atoms with Crippen LogP contribution in [0.5, 0.6) is 0 Å². The van der Waals surface area contributed by atoms with Gasteiger partial charge in [-0.25, -0.2) is 9.59 Å². The van der Waals surface area contributed by atoms with E-state index in [9.17, 15) is 9.59 Å². The molecule has 0 bridgehead atoms. The Bertz CT molecular complexity index is 264. The zero-order valence-corrected chi connectivity index (χ0v) is 11.7. The van der Waals surface area contributed by atoms with E-state index in [2.05, 4.69) is 22.6 Å². The number of halogens is 1. The first kappa shape index (κ1) is 24.8. The van der Waals surface area contributed by atoms with Crippen LogP contribution >= 0.6 is 12.4 Å². The monoisotopic (exact) mass is 267 g/mol. The standard InChI is InChI=1S/C6H10O2.C5H8O2.ClH.H3N/c1-4-8-6(7)5(2)3;1-4(2)5(6)7-3;;/h2,4H2,1,3H3;1H2,2-3H3;1H;1H3. The zero-order valence-electron chi connectivity index (χ0n) is 10.9. The summed E-state index contributed by atoms with van der Waals surface area (Å²) in [7, 11) is 1.33. The van der Waals surface area contributed by atoms with Gasteiger partial charge in [-0.2, -0.15) is 0 Å². The van der Waals surface area contributed by atoms with Crippen molar-refractivity contribution in [3.8, 4) is 0 Å². The lowest BCUT2D eigenvalue weighted by molar-refractivity contribution is -0.138. The molecule has 0 radical (unpaired) electrons. The molecule has 3 N–H and O–H groups in total. The molecule has 0 heterocycles. The Labute approximate surface area is 109 Å². The molecular formula is C11H22ClNO4. The van der Waals surface area contributed by atoms with Crippen LogP contribution in [-0.4, -0.2) is 25.7 Å². The highest BCUT2D eigenvalue weighted by Gasteiger charge is 1.98. The van der Waals surface area contributed by atoms with Crippen molar-refractivity contribution < 1.29 is 19.1 Å². The van der Waals surface area contributed by atoms with Gasteiger partial charge in [0.1, 0.15) is 0 Å². The third-order valence-electron chi connectivity index (χ3n) is 1.16. The summed E-state index contributed by atoms with van der Waals surface area (Å²) in [6.07, 6.45) is 0. The van der Waals surface area contributed by atoms with E-state index in [1.165, 1.54) is 7.11 Å². The van der Waals surface area contributed by atoms with Crippen LogP contribution in [0, 0.1) is 0 Å². The van der Waals surface area contributed by atoms with E-state index in [4.69, 9.17) is 0 Å². The highest BCUT2D eigenvalue weighted by Crippen LogP contribution is 1.89. The smallest absolute Gasteiger partial charge is 0.333 e. The molecule has 0 atom stereocenters. The topological polar surface area (TPSA) is 87.6 Å². The van der Waals surface area contributed by atoms with Crippen molar-refractivity contribution in [2.45, 2.75) is 20.8 Å². The number of carbonyl (C=O) groups excluding carboxylic acids is 2. The maximum absolute atomic E-state index is 10.4. The molecule has 0 aromatic rings. The zero-order chi connectivity index (χ0) is 12.4. The molecule has 0 saturated heterocycles. The van der Waals surface area contributed by atoms with Gasteiger partial charge in [-0.3, -0.25) is 0 Å². The summed E-state index contributed by atoms with van der Waals surface area (Å²) in [4.78, 5) is 20.6. The molecule has 0 aliphatic carbocycles. The van der Waals surface area contributed by atoms with E-state index in [-0.39, 0.29) is 30.5 Å². The van der Waals surface area contributed by atoms with Crippen LogP contribution in [-0.2, 0) is 19.1 Å². The number of methoxy groups -OCH3 is 1. The second-order valence-electron chi connectivity index (χ2n) is 2.77. The van der Waals surface area contributed by atoms with E-state index >= 15 is 0 Å². The fourth-order valence-electron chi connectivity index (χ4n) is 0.429. The molecule has 0 fully saturated rings. The number of ether oxygens (including phenoxy) is 2. The van der Waals surface area contributed by atoms with E-state index in [1.807, 2.05) is 0 Å². The largest absolute Gasteiger partial charge is 0.466 e. The molecule has 0 aliphatic heterocycles. The van der Waals surface area contributed by atoms with Crippen molar-refractivity contribution in [2.24, 2.45) is 0 Å². The van der Waals surface area contributed by atoms with E-state index in [1.54, 1.807) is 20.8 Å². The Morgan fingerprint density at radius 1 is 1.06 bits per heavy atom. The van der Waals surface area contributed by atoms with Crippen LogP contribution in [0.15, 0.2) is 24.3 Å². The summed E-state index contributed by atoms with van der Waals surface area (Å²) >= 11 is 0. The molecular weight excluding hydrogens is 246 g/mol.